The summed E-state index contributed by atoms with van der Waals surface area (Å²) in [4.78, 5) is 30.3. The fraction of sp³-hybridized carbons (Fsp3) is 0. The predicted octanol–water partition coefficient (Wildman–Crippen LogP) is 2.71. The molecule has 0 bridgehead atoms. The number of hydrogen-bond donors (Lipinski definition) is 0. The first-order chi connectivity index (χ1) is 17.4. The van der Waals surface area contributed by atoms with E-state index in [4.69, 9.17) is 0 Å². The van der Waals surface area contributed by atoms with Crippen LogP contribution in [0.5, 0.6) is 0 Å². The Morgan fingerprint density at radius 2 is 0.784 bits per heavy atom. The predicted molar refractivity (Wildman–Crippen MR) is 132 cm³/mol. The van der Waals surface area contributed by atoms with Gasteiger partial charge in [-0.15, -0.1) is 29.7 Å². The van der Waals surface area contributed by atoms with E-state index in [1.807, 2.05) is 0 Å². The van der Waals surface area contributed by atoms with Crippen molar-refractivity contribution in [2.45, 2.75) is 0 Å². The number of aromatic carboxylic acids is 3. The second kappa shape index (κ2) is 17.3. The van der Waals surface area contributed by atoms with Gasteiger partial charge in [0.05, 0.1) is 17.9 Å². The van der Waals surface area contributed by atoms with E-state index < -0.39 is 17.9 Å². The summed E-state index contributed by atoms with van der Waals surface area (Å²) in [5, 5.41) is 32.9. The van der Waals surface area contributed by atoms with Crippen molar-refractivity contribution < 1.29 is 55.9 Å². The molecule has 5 aromatic carbocycles. The number of benzene rings is 4. The van der Waals surface area contributed by atoms with Gasteiger partial charge in [-0.25, -0.2) is 0 Å². The van der Waals surface area contributed by atoms with Crippen molar-refractivity contribution in [3.63, 3.8) is 0 Å². The van der Waals surface area contributed by atoms with Crippen molar-refractivity contribution in [3.8, 4) is 0 Å². The van der Waals surface area contributed by atoms with Crippen LogP contribution in [0.2, 0.25) is 0 Å². The molecule has 182 valence electrons. The van der Waals surface area contributed by atoms with Gasteiger partial charge in [-0.1, -0.05) is 97.1 Å². The van der Waals surface area contributed by atoms with E-state index in [9.17, 15) is 29.7 Å². The Morgan fingerprint density at radius 3 is 1.08 bits per heavy atom. The molecule has 0 unspecified atom stereocenters. The Hall–Kier alpha value is -4.22. The van der Waals surface area contributed by atoms with Gasteiger partial charge in [0.1, 0.15) is 0 Å². The third-order valence-corrected chi connectivity index (χ3v) is 4.58. The van der Waals surface area contributed by atoms with Crippen LogP contribution in [0, 0.1) is 0 Å². The molecule has 7 heteroatoms. The molecule has 0 saturated heterocycles. The van der Waals surface area contributed by atoms with Crippen LogP contribution in [0.3, 0.4) is 0 Å². The second-order valence-corrected chi connectivity index (χ2v) is 7.12. The zero-order chi connectivity index (χ0) is 26.2. The molecule has 0 N–H and O–H groups in total. The van der Waals surface area contributed by atoms with Crippen LogP contribution in [0.15, 0.2) is 133 Å². The summed E-state index contributed by atoms with van der Waals surface area (Å²) in [6, 6.07) is 38.9. The fourth-order valence-electron chi connectivity index (χ4n) is 2.79. The van der Waals surface area contributed by atoms with E-state index in [1.54, 1.807) is 54.6 Å². The average molecular weight is 570 g/mol. The van der Waals surface area contributed by atoms with E-state index in [1.165, 1.54) is 47.2 Å². The number of carboxylic acids is 3. The van der Waals surface area contributed by atoms with Gasteiger partial charge in [0, 0.05) is 0 Å². The Balaban J connectivity index is 0.000000244. The topological polar surface area (TPSA) is 120 Å². The summed E-state index contributed by atoms with van der Waals surface area (Å²) in [5.41, 5.74) is 0.660. The molecule has 0 aliphatic rings. The summed E-state index contributed by atoms with van der Waals surface area (Å²) < 4.78 is 0. The zero-order valence-electron chi connectivity index (χ0n) is 19.7. The van der Waals surface area contributed by atoms with Crippen LogP contribution in [0.4, 0.5) is 0 Å². The first-order valence-electron chi connectivity index (χ1n) is 10.8. The quantitative estimate of drug-likeness (QED) is 0.308. The van der Waals surface area contributed by atoms with Crippen LogP contribution in [0.25, 0.3) is 10.8 Å². The van der Waals surface area contributed by atoms with Gasteiger partial charge in [0.15, 0.2) is 0 Å². The Kier molecular flexibility index (Phi) is 14.4. The van der Waals surface area contributed by atoms with Gasteiger partial charge in [0.25, 0.3) is 0 Å². The molecule has 0 atom stereocenters. The maximum atomic E-state index is 10.1. The molecule has 37 heavy (non-hydrogen) atoms. The molecule has 0 heterocycles. The average Bonchev–Trinajstić information content (AvgIpc) is 3.40. The van der Waals surface area contributed by atoms with Crippen molar-refractivity contribution in [2.75, 3.05) is 0 Å². The van der Waals surface area contributed by atoms with Gasteiger partial charge in [-0.05, 0) is 16.7 Å². The summed E-state index contributed by atoms with van der Waals surface area (Å²) >= 11 is 0. The van der Waals surface area contributed by atoms with Crippen LogP contribution in [-0.2, 0) is 26.2 Å². The molecule has 0 spiro atoms. The van der Waals surface area contributed by atoms with Gasteiger partial charge >= 0.3 is 26.2 Å². The number of rotatable bonds is 3. The van der Waals surface area contributed by atoms with Crippen molar-refractivity contribution in [1.29, 1.82) is 0 Å². The summed E-state index contributed by atoms with van der Waals surface area (Å²) in [7, 11) is 0. The van der Waals surface area contributed by atoms with Crippen molar-refractivity contribution in [3.05, 3.63) is 150 Å². The molecular formula is C30H22O6Zr. The molecule has 0 aliphatic heterocycles. The van der Waals surface area contributed by atoms with E-state index in [0.717, 1.165) is 0 Å². The molecule has 0 saturated carbocycles. The number of carbonyl (C=O) groups excluding carboxylic acids is 3. The minimum atomic E-state index is -1.13. The van der Waals surface area contributed by atoms with E-state index in [-0.39, 0.29) is 42.9 Å². The molecule has 0 radical (unpaired) electrons. The standard InChI is InChI=1S/C9H7.3C7H6O2.Zr/c1-2-5-9-7-3-6-8(9)4-1;3*8-7(9)6-4-2-1-3-5-6;/h1-7H;3*1-5H,(H,8,9);/q-1;;;;+4/p-3. The van der Waals surface area contributed by atoms with Gasteiger partial charge in [-0.2, -0.15) is 17.5 Å². The van der Waals surface area contributed by atoms with E-state index in [0.29, 0.717) is 0 Å². The molecule has 6 nitrogen and oxygen atoms in total. The first kappa shape index (κ1) is 30.8. The van der Waals surface area contributed by atoms with E-state index in [2.05, 4.69) is 42.5 Å². The van der Waals surface area contributed by atoms with Crippen LogP contribution >= 0.6 is 0 Å². The summed E-state index contributed by atoms with van der Waals surface area (Å²) in [5.74, 6) is -3.39. The number of fused-ring (bicyclic) bond motifs is 1. The molecular weight excluding hydrogens is 548 g/mol. The largest absolute Gasteiger partial charge is 4.00 e. The summed E-state index contributed by atoms with van der Waals surface area (Å²) in [6.07, 6.45) is 0. The molecule has 5 aromatic rings. The first-order valence-corrected chi connectivity index (χ1v) is 10.8. The van der Waals surface area contributed by atoms with Crippen LogP contribution in [-0.4, -0.2) is 17.9 Å². The smallest absolute Gasteiger partial charge is 0.545 e. The minimum Gasteiger partial charge on any atom is -0.545 e. The van der Waals surface area contributed by atoms with Gasteiger partial charge in [-0.3, -0.25) is 0 Å². The molecule has 0 fully saturated rings. The van der Waals surface area contributed by atoms with Gasteiger partial charge in [0.2, 0.25) is 0 Å². The maximum Gasteiger partial charge on any atom is 4.00 e. The fourth-order valence-corrected chi connectivity index (χ4v) is 2.79. The number of carbonyl (C=O) groups is 3. The zero-order valence-corrected chi connectivity index (χ0v) is 22.1. The SMILES string of the molecule is O=C([O-])c1ccccc1.O=C([O-])c1ccccc1.O=C([O-])c1ccccc1.[Zr+4].c1ccc2[cH-]ccc2c1. The molecule has 5 rings (SSSR count). The van der Waals surface area contributed by atoms with Crippen molar-refractivity contribution in [2.24, 2.45) is 0 Å². The molecule has 0 aromatic heterocycles. The Morgan fingerprint density at radius 1 is 0.459 bits per heavy atom. The maximum absolute atomic E-state index is 10.1. The second-order valence-electron chi connectivity index (χ2n) is 7.12. The Labute approximate surface area is 234 Å². The molecule has 0 amide bonds. The third-order valence-electron chi connectivity index (χ3n) is 4.58. The van der Waals surface area contributed by atoms with Gasteiger partial charge < -0.3 is 29.7 Å². The van der Waals surface area contributed by atoms with Crippen LogP contribution in [0.1, 0.15) is 31.1 Å². The third kappa shape index (κ3) is 11.8. The molecule has 0 aliphatic carbocycles. The van der Waals surface area contributed by atoms with Crippen molar-refractivity contribution in [1.82, 2.24) is 0 Å². The van der Waals surface area contributed by atoms with Crippen molar-refractivity contribution >= 4 is 28.7 Å². The number of hydrogen-bond acceptors (Lipinski definition) is 6. The monoisotopic (exact) mass is 568 g/mol. The van der Waals surface area contributed by atoms with Crippen LogP contribution < -0.4 is 15.3 Å². The minimum absolute atomic E-state index is 0. The normalized spacial score (nSPS) is 8.97. The van der Waals surface area contributed by atoms with E-state index >= 15 is 0 Å². The summed E-state index contributed by atoms with van der Waals surface area (Å²) in [6.45, 7) is 0. The Bertz CT molecular complexity index is 1200. The number of carboxylic acid groups (broad SMARTS) is 3.